The molecule has 0 saturated carbocycles. The maximum absolute atomic E-state index is 12.0. The third-order valence-corrected chi connectivity index (χ3v) is 3.41. The van der Waals surface area contributed by atoms with Crippen LogP contribution in [-0.4, -0.2) is 29.8 Å². The summed E-state index contributed by atoms with van der Waals surface area (Å²) in [5, 5.41) is 12.8. The van der Waals surface area contributed by atoms with Crippen LogP contribution >= 0.6 is 11.6 Å². The van der Waals surface area contributed by atoms with Gasteiger partial charge in [0.15, 0.2) is 6.10 Å². The number of hydrogen-bond donors (Lipinski definition) is 2. The van der Waals surface area contributed by atoms with E-state index in [-0.39, 0.29) is 17.9 Å². The highest BCUT2D eigenvalue weighted by Crippen LogP contribution is 2.22. The van der Waals surface area contributed by atoms with Crippen molar-refractivity contribution >= 4 is 17.5 Å². The molecule has 0 aliphatic heterocycles. The number of carbonyl (C=O) groups is 1. The van der Waals surface area contributed by atoms with Gasteiger partial charge in [0, 0.05) is 11.6 Å². The Morgan fingerprint density at radius 3 is 2.62 bits per heavy atom. The van der Waals surface area contributed by atoms with Crippen molar-refractivity contribution in [3.05, 3.63) is 28.8 Å². The number of carbonyl (C=O) groups excluding carboxylic acids is 1. The average molecular weight is 314 g/mol. The number of aliphatic hydroxyl groups is 1. The Hall–Kier alpha value is -1.26. The molecule has 1 rings (SSSR count). The molecule has 0 saturated heterocycles. The molecule has 2 N–H and O–H groups in total. The molecule has 3 atom stereocenters. The van der Waals surface area contributed by atoms with Gasteiger partial charge in [-0.25, -0.2) is 0 Å². The molecule has 4 nitrogen and oxygen atoms in total. The Balaban J connectivity index is 2.47. The van der Waals surface area contributed by atoms with E-state index < -0.39 is 6.10 Å². The summed E-state index contributed by atoms with van der Waals surface area (Å²) >= 11 is 5.89. The second kappa shape index (κ2) is 8.25. The number of ether oxygens (including phenoxy) is 1. The normalized spacial score (nSPS) is 15.1. The van der Waals surface area contributed by atoms with Crippen molar-refractivity contribution in [2.24, 2.45) is 5.92 Å². The molecule has 0 bridgehead atoms. The zero-order valence-electron chi connectivity index (χ0n) is 13.0. The van der Waals surface area contributed by atoms with Gasteiger partial charge in [0.1, 0.15) is 5.75 Å². The van der Waals surface area contributed by atoms with Gasteiger partial charge < -0.3 is 15.2 Å². The minimum atomic E-state index is -0.580. The maximum atomic E-state index is 12.0. The lowest BCUT2D eigenvalue weighted by atomic mass is 10.0. The van der Waals surface area contributed by atoms with Crippen LogP contribution in [0.2, 0.25) is 5.02 Å². The van der Waals surface area contributed by atoms with E-state index in [1.165, 1.54) is 0 Å². The number of amides is 1. The number of halogens is 1. The van der Waals surface area contributed by atoms with Crippen molar-refractivity contribution in [1.29, 1.82) is 0 Å². The van der Waals surface area contributed by atoms with Crippen LogP contribution in [0.4, 0.5) is 0 Å². The summed E-state index contributed by atoms with van der Waals surface area (Å²) in [5.74, 6) is 0.708. The Morgan fingerprint density at radius 1 is 1.38 bits per heavy atom. The monoisotopic (exact) mass is 313 g/mol. The predicted octanol–water partition coefficient (Wildman–Crippen LogP) is 2.94. The first-order valence-electron chi connectivity index (χ1n) is 7.18. The van der Waals surface area contributed by atoms with Gasteiger partial charge in [-0.05, 0) is 56.9 Å². The standard InChI is InChI=1S/C16H24ClNO3/c1-10(7-12(3)19)9-18-16(20)13(4)21-15-6-5-14(17)8-11(15)2/h5-6,8,10,12-13,19H,7,9H2,1-4H3,(H,18,20). The second-order valence-electron chi connectivity index (χ2n) is 5.60. The van der Waals surface area contributed by atoms with E-state index in [0.717, 1.165) is 5.56 Å². The Labute approximate surface area is 131 Å². The van der Waals surface area contributed by atoms with Crippen LogP contribution in [0.25, 0.3) is 0 Å². The molecular weight excluding hydrogens is 290 g/mol. The van der Waals surface area contributed by atoms with Crippen LogP contribution in [0.1, 0.15) is 32.8 Å². The first-order valence-corrected chi connectivity index (χ1v) is 7.56. The first kappa shape index (κ1) is 17.8. The molecule has 118 valence electrons. The lowest BCUT2D eigenvalue weighted by Gasteiger charge is -2.18. The van der Waals surface area contributed by atoms with Gasteiger partial charge in [-0.1, -0.05) is 18.5 Å². The molecule has 0 spiro atoms. The highest BCUT2D eigenvalue weighted by molar-refractivity contribution is 6.30. The lowest BCUT2D eigenvalue weighted by molar-refractivity contribution is -0.127. The zero-order valence-corrected chi connectivity index (χ0v) is 13.8. The van der Waals surface area contributed by atoms with E-state index in [1.807, 2.05) is 13.8 Å². The van der Waals surface area contributed by atoms with Gasteiger partial charge in [0.2, 0.25) is 0 Å². The molecule has 0 aromatic heterocycles. The zero-order chi connectivity index (χ0) is 16.0. The molecule has 0 radical (unpaired) electrons. The Bertz CT molecular complexity index is 477. The second-order valence-corrected chi connectivity index (χ2v) is 6.04. The molecule has 0 aliphatic rings. The van der Waals surface area contributed by atoms with Crippen LogP contribution in [0.15, 0.2) is 18.2 Å². The fraction of sp³-hybridized carbons (Fsp3) is 0.562. The van der Waals surface area contributed by atoms with Crippen LogP contribution in [-0.2, 0) is 4.79 Å². The summed E-state index contributed by atoms with van der Waals surface area (Å²) in [4.78, 5) is 12.0. The molecule has 1 aromatic carbocycles. The Kier molecular flexibility index (Phi) is 6.99. The topological polar surface area (TPSA) is 58.6 Å². The van der Waals surface area contributed by atoms with E-state index >= 15 is 0 Å². The molecule has 1 aromatic rings. The summed E-state index contributed by atoms with van der Waals surface area (Å²) in [6.45, 7) is 7.85. The minimum Gasteiger partial charge on any atom is -0.481 e. The van der Waals surface area contributed by atoms with Crippen LogP contribution in [0, 0.1) is 12.8 Å². The van der Waals surface area contributed by atoms with E-state index in [2.05, 4.69) is 5.32 Å². The highest BCUT2D eigenvalue weighted by Gasteiger charge is 2.16. The summed E-state index contributed by atoms with van der Waals surface area (Å²) < 4.78 is 5.66. The first-order chi connectivity index (χ1) is 9.79. The van der Waals surface area contributed by atoms with Crippen molar-refractivity contribution in [1.82, 2.24) is 5.32 Å². The number of aryl methyl sites for hydroxylation is 1. The van der Waals surface area contributed by atoms with Crippen molar-refractivity contribution in [3.8, 4) is 5.75 Å². The summed E-state index contributed by atoms with van der Waals surface area (Å²) in [6.07, 6.45) is -0.280. The van der Waals surface area contributed by atoms with Gasteiger partial charge in [0.05, 0.1) is 6.10 Å². The number of aliphatic hydroxyl groups excluding tert-OH is 1. The molecule has 0 fully saturated rings. The summed E-state index contributed by atoms with van der Waals surface area (Å²) in [6, 6.07) is 5.29. The fourth-order valence-corrected chi connectivity index (χ4v) is 2.30. The quantitative estimate of drug-likeness (QED) is 0.813. The van der Waals surface area contributed by atoms with Gasteiger partial charge in [-0.2, -0.15) is 0 Å². The largest absolute Gasteiger partial charge is 0.481 e. The summed E-state index contributed by atoms with van der Waals surface area (Å²) in [7, 11) is 0. The SMILES string of the molecule is Cc1cc(Cl)ccc1OC(C)C(=O)NCC(C)CC(C)O. The van der Waals surface area contributed by atoms with Crippen LogP contribution in [0.3, 0.4) is 0 Å². The molecule has 5 heteroatoms. The molecule has 21 heavy (non-hydrogen) atoms. The third-order valence-electron chi connectivity index (χ3n) is 3.18. The van der Waals surface area contributed by atoms with Crippen LogP contribution < -0.4 is 10.1 Å². The lowest BCUT2D eigenvalue weighted by Crippen LogP contribution is -2.39. The number of benzene rings is 1. The smallest absolute Gasteiger partial charge is 0.260 e. The van der Waals surface area contributed by atoms with Gasteiger partial charge in [-0.15, -0.1) is 0 Å². The van der Waals surface area contributed by atoms with Gasteiger partial charge >= 0.3 is 0 Å². The van der Waals surface area contributed by atoms with Gasteiger partial charge in [0.25, 0.3) is 5.91 Å². The van der Waals surface area contributed by atoms with E-state index in [1.54, 1.807) is 32.0 Å². The Morgan fingerprint density at radius 2 is 2.05 bits per heavy atom. The van der Waals surface area contributed by atoms with Crippen molar-refractivity contribution in [2.75, 3.05) is 6.54 Å². The average Bonchev–Trinajstić information content (AvgIpc) is 2.38. The number of nitrogens with one attached hydrogen (secondary N) is 1. The van der Waals surface area contributed by atoms with Crippen molar-refractivity contribution in [3.63, 3.8) is 0 Å². The third kappa shape index (κ3) is 6.36. The van der Waals surface area contributed by atoms with Crippen molar-refractivity contribution < 1.29 is 14.6 Å². The van der Waals surface area contributed by atoms with E-state index in [4.69, 9.17) is 16.3 Å². The van der Waals surface area contributed by atoms with Gasteiger partial charge in [-0.3, -0.25) is 4.79 Å². The predicted molar refractivity (Wildman–Crippen MR) is 84.8 cm³/mol. The molecule has 0 aliphatic carbocycles. The van der Waals surface area contributed by atoms with Crippen LogP contribution in [0.5, 0.6) is 5.75 Å². The molecular formula is C16H24ClNO3. The van der Waals surface area contributed by atoms with Crippen molar-refractivity contribution in [2.45, 2.75) is 46.3 Å². The molecule has 3 unspecified atom stereocenters. The maximum Gasteiger partial charge on any atom is 0.260 e. The number of hydrogen-bond acceptors (Lipinski definition) is 3. The van der Waals surface area contributed by atoms with E-state index in [0.29, 0.717) is 23.7 Å². The summed E-state index contributed by atoms with van der Waals surface area (Å²) in [5.41, 5.74) is 0.893. The minimum absolute atomic E-state index is 0.165. The fourth-order valence-electron chi connectivity index (χ4n) is 2.07. The molecule has 1 amide bonds. The highest BCUT2D eigenvalue weighted by atomic mass is 35.5. The molecule has 0 heterocycles. The number of rotatable bonds is 7. The van der Waals surface area contributed by atoms with E-state index in [9.17, 15) is 9.90 Å².